The van der Waals surface area contributed by atoms with Crippen molar-refractivity contribution in [1.82, 2.24) is 5.32 Å². The van der Waals surface area contributed by atoms with Crippen LogP contribution in [0.4, 0.5) is 11.4 Å². The summed E-state index contributed by atoms with van der Waals surface area (Å²) in [5.74, 6) is 0. The van der Waals surface area contributed by atoms with Gasteiger partial charge in [-0.15, -0.1) is 0 Å². The summed E-state index contributed by atoms with van der Waals surface area (Å²) < 4.78 is 28.1. The Hall–Kier alpha value is -2.05. The van der Waals surface area contributed by atoms with Crippen LogP contribution in [0.3, 0.4) is 0 Å². The molecule has 0 fully saturated rings. The number of rotatable bonds is 7. The second kappa shape index (κ2) is 8.31. The molecule has 1 aliphatic rings. The number of anilines is 2. The van der Waals surface area contributed by atoms with Crippen LogP contribution in [0.1, 0.15) is 30.9 Å². The first-order valence-corrected chi connectivity index (χ1v) is 11.0. The first-order chi connectivity index (χ1) is 12.9. The van der Waals surface area contributed by atoms with Gasteiger partial charge in [-0.3, -0.25) is 4.72 Å². The molecule has 0 radical (unpaired) electrons. The van der Waals surface area contributed by atoms with Gasteiger partial charge in [-0.05, 0) is 79.8 Å². The Labute approximate surface area is 162 Å². The van der Waals surface area contributed by atoms with Gasteiger partial charge in [0.2, 0.25) is 0 Å². The predicted octanol–water partition coefficient (Wildman–Crippen LogP) is 3.41. The molecule has 6 heteroatoms. The molecule has 146 valence electrons. The fourth-order valence-electron chi connectivity index (χ4n) is 3.48. The van der Waals surface area contributed by atoms with Gasteiger partial charge in [0.1, 0.15) is 0 Å². The zero-order valence-electron chi connectivity index (χ0n) is 16.3. The number of aryl methyl sites for hydroxylation is 1. The van der Waals surface area contributed by atoms with E-state index in [0.717, 1.165) is 37.9 Å². The molecular formula is C21H29N3O2S. The summed E-state index contributed by atoms with van der Waals surface area (Å²) >= 11 is 0. The highest BCUT2D eigenvalue weighted by molar-refractivity contribution is 7.92. The molecule has 1 atom stereocenters. The third-order valence-electron chi connectivity index (χ3n) is 5.03. The molecular weight excluding hydrogens is 358 g/mol. The lowest BCUT2D eigenvalue weighted by Gasteiger charge is -2.26. The zero-order chi connectivity index (χ0) is 19.4. The number of benzene rings is 2. The van der Waals surface area contributed by atoms with Crippen molar-refractivity contribution >= 4 is 21.4 Å². The van der Waals surface area contributed by atoms with E-state index >= 15 is 0 Å². The van der Waals surface area contributed by atoms with Crippen molar-refractivity contribution in [3.8, 4) is 0 Å². The van der Waals surface area contributed by atoms with E-state index in [1.807, 2.05) is 43.3 Å². The topological polar surface area (TPSA) is 61.4 Å². The molecule has 2 N–H and O–H groups in total. The Morgan fingerprint density at radius 1 is 1.07 bits per heavy atom. The number of nitrogens with one attached hydrogen (secondary N) is 2. The van der Waals surface area contributed by atoms with Crippen LogP contribution in [-0.4, -0.2) is 35.1 Å². The van der Waals surface area contributed by atoms with Crippen molar-refractivity contribution in [3.63, 3.8) is 0 Å². The summed E-state index contributed by atoms with van der Waals surface area (Å²) in [4.78, 5) is 2.21. The van der Waals surface area contributed by atoms with E-state index in [4.69, 9.17) is 0 Å². The highest BCUT2D eigenvalue weighted by Crippen LogP contribution is 2.26. The summed E-state index contributed by atoms with van der Waals surface area (Å²) in [5, 5.41) is 3.58. The van der Waals surface area contributed by atoms with E-state index in [1.165, 1.54) is 11.1 Å². The van der Waals surface area contributed by atoms with Crippen LogP contribution < -0.4 is 14.9 Å². The number of fused-ring (bicyclic) bond motifs is 1. The predicted molar refractivity (Wildman–Crippen MR) is 112 cm³/mol. The lowest BCUT2D eigenvalue weighted by molar-refractivity contribution is 0.459. The minimum atomic E-state index is -3.59. The highest BCUT2D eigenvalue weighted by Gasteiger charge is 2.20. The minimum absolute atomic E-state index is 0.273. The standard InChI is InChI=1S/C21H29N3O2S/c1-4-13-22-18-7-5-17-15-19(8-6-16(17)14-18)23-27(25,26)21-11-9-20(10-12-21)24(2)3/h6,8-12,15,18,22-23H,4-5,7,13-14H2,1-3H3/t18-/m0/s1. The van der Waals surface area contributed by atoms with E-state index in [-0.39, 0.29) is 4.90 Å². The van der Waals surface area contributed by atoms with E-state index < -0.39 is 10.0 Å². The van der Waals surface area contributed by atoms with Crippen LogP contribution in [0, 0.1) is 0 Å². The van der Waals surface area contributed by atoms with E-state index in [1.54, 1.807) is 12.1 Å². The number of nitrogens with zero attached hydrogens (tertiary/aromatic N) is 1. The second-order valence-electron chi connectivity index (χ2n) is 7.37. The maximum Gasteiger partial charge on any atom is 0.261 e. The minimum Gasteiger partial charge on any atom is -0.378 e. The van der Waals surface area contributed by atoms with Crippen LogP contribution in [0.25, 0.3) is 0 Å². The molecule has 3 rings (SSSR count). The SMILES string of the molecule is CCCN[C@H]1CCc2cc(NS(=O)(=O)c3ccc(N(C)C)cc3)ccc2C1. The number of hydrogen-bond acceptors (Lipinski definition) is 4. The van der Waals surface area contributed by atoms with Crippen molar-refractivity contribution in [1.29, 1.82) is 0 Å². The molecule has 0 unspecified atom stereocenters. The first kappa shape index (κ1) is 19.7. The molecule has 0 aromatic heterocycles. The summed E-state index contributed by atoms with van der Waals surface area (Å²) in [6.45, 7) is 3.22. The zero-order valence-corrected chi connectivity index (χ0v) is 17.1. The first-order valence-electron chi connectivity index (χ1n) is 9.54. The molecule has 5 nitrogen and oxygen atoms in total. The molecule has 0 heterocycles. The third kappa shape index (κ3) is 4.82. The van der Waals surface area contributed by atoms with E-state index in [2.05, 4.69) is 23.0 Å². The van der Waals surface area contributed by atoms with Gasteiger partial charge in [0.05, 0.1) is 4.90 Å². The smallest absolute Gasteiger partial charge is 0.261 e. The van der Waals surface area contributed by atoms with E-state index in [0.29, 0.717) is 11.7 Å². The van der Waals surface area contributed by atoms with Gasteiger partial charge in [-0.2, -0.15) is 0 Å². The fraction of sp³-hybridized carbons (Fsp3) is 0.429. The van der Waals surface area contributed by atoms with Gasteiger partial charge in [-0.1, -0.05) is 13.0 Å². The maximum atomic E-state index is 12.7. The Bertz CT molecular complexity index is 877. The highest BCUT2D eigenvalue weighted by atomic mass is 32.2. The van der Waals surface area contributed by atoms with Gasteiger partial charge in [0.15, 0.2) is 0 Å². The van der Waals surface area contributed by atoms with Crippen LogP contribution in [0.5, 0.6) is 0 Å². The molecule has 2 aromatic carbocycles. The van der Waals surface area contributed by atoms with Crippen molar-refractivity contribution in [2.24, 2.45) is 0 Å². The van der Waals surface area contributed by atoms with Crippen molar-refractivity contribution in [2.75, 3.05) is 30.3 Å². The summed E-state index contributed by atoms with van der Waals surface area (Å²) in [6.07, 6.45) is 4.22. The average molecular weight is 388 g/mol. The Morgan fingerprint density at radius 2 is 1.81 bits per heavy atom. The van der Waals surface area contributed by atoms with Crippen LogP contribution in [0.2, 0.25) is 0 Å². The quantitative estimate of drug-likeness (QED) is 0.764. The third-order valence-corrected chi connectivity index (χ3v) is 6.43. The Morgan fingerprint density at radius 3 is 2.48 bits per heavy atom. The van der Waals surface area contributed by atoms with Gasteiger partial charge in [-0.25, -0.2) is 8.42 Å². The molecule has 0 spiro atoms. The average Bonchev–Trinajstić information content (AvgIpc) is 2.66. The monoisotopic (exact) mass is 387 g/mol. The molecule has 0 aliphatic heterocycles. The normalized spacial score (nSPS) is 16.6. The lowest BCUT2D eigenvalue weighted by atomic mass is 9.88. The molecule has 0 saturated carbocycles. The molecule has 2 aromatic rings. The van der Waals surface area contributed by atoms with Crippen LogP contribution >= 0.6 is 0 Å². The van der Waals surface area contributed by atoms with Crippen molar-refractivity contribution < 1.29 is 8.42 Å². The van der Waals surface area contributed by atoms with Gasteiger partial charge >= 0.3 is 0 Å². The lowest BCUT2D eigenvalue weighted by Crippen LogP contribution is -2.35. The Kier molecular flexibility index (Phi) is 6.07. The second-order valence-corrected chi connectivity index (χ2v) is 9.05. The Balaban J connectivity index is 1.72. The molecule has 0 bridgehead atoms. The molecule has 0 saturated heterocycles. The van der Waals surface area contributed by atoms with Crippen molar-refractivity contribution in [3.05, 3.63) is 53.6 Å². The molecule has 1 aliphatic carbocycles. The van der Waals surface area contributed by atoms with Gasteiger partial charge in [0, 0.05) is 31.5 Å². The summed E-state index contributed by atoms with van der Waals surface area (Å²) in [5.41, 5.74) is 4.15. The summed E-state index contributed by atoms with van der Waals surface area (Å²) in [6, 6.07) is 13.3. The van der Waals surface area contributed by atoms with Crippen LogP contribution in [0.15, 0.2) is 47.4 Å². The van der Waals surface area contributed by atoms with Crippen LogP contribution in [-0.2, 0) is 22.9 Å². The van der Waals surface area contributed by atoms with Gasteiger partial charge < -0.3 is 10.2 Å². The van der Waals surface area contributed by atoms with E-state index in [9.17, 15) is 8.42 Å². The van der Waals surface area contributed by atoms with Gasteiger partial charge in [0.25, 0.3) is 10.0 Å². The number of sulfonamides is 1. The maximum absolute atomic E-state index is 12.7. The fourth-order valence-corrected chi connectivity index (χ4v) is 4.53. The summed E-state index contributed by atoms with van der Waals surface area (Å²) in [7, 11) is 0.270. The van der Waals surface area contributed by atoms with Crippen molar-refractivity contribution in [2.45, 2.75) is 43.5 Å². The largest absolute Gasteiger partial charge is 0.378 e. The number of hydrogen-bond donors (Lipinski definition) is 2. The molecule has 27 heavy (non-hydrogen) atoms. The molecule has 0 amide bonds.